The van der Waals surface area contributed by atoms with Crippen molar-refractivity contribution in [2.75, 3.05) is 5.32 Å². The first-order chi connectivity index (χ1) is 8.87. The molecule has 2 unspecified atom stereocenters. The molecule has 1 amide bonds. The van der Waals surface area contributed by atoms with Crippen LogP contribution in [0, 0.1) is 10.1 Å². The van der Waals surface area contributed by atoms with Gasteiger partial charge in [-0.05, 0) is 13.0 Å². The van der Waals surface area contributed by atoms with Crippen molar-refractivity contribution in [2.45, 2.75) is 18.6 Å². The minimum atomic E-state index is -1.56. The second kappa shape index (κ2) is 4.32. The number of fused-ring (bicyclic) bond motifs is 1. The molecule has 0 radical (unpaired) electrons. The van der Waals surface area contributed by atoms with Gasteiger partial charge in [-0.1, -0.05) is 0 Å². The number of nitro benzene ring substituents is 1. The number of hydrogen-bond donors (Lipinski definition) is 3. The molecule has 8 heteroatoms. The minimum absolute atomic E-state index is 0.0789. The maximum atomic E-state index is 12.0. The van der Waals surface area contributed by atoms with Crippen LogP contribution in [0.25, 0.3) is 0 Å². The van der Waals surface area contributed by atoms with Crippen LogP contribution < -0.4 is 16.4 Å². The Morgan fingerprint density at radius 1 is 1.53 bits per heavy atom. The normalized spacial score (nSPS) is 25.6. The summed E-state index contributed by atoms with van der Waals surface area (Å²) in [6.45, 7) is 1.63. The van der Waals surface area contributed by atoms with E-state index in [-0.39, 0.29) is 11.3 Å². The molecule has 0 saturated carbocycles. The number of non-ortho nitro benzene ring substituents is 1. The highest BCUT2D eigenvalue weighted by Gasteiger charge is 2.37. The van der Waals surface area contributed by atoms with Gasteiger partial charge in [0.2, 0.25) is 0 Å². The molecule has 0 spiro atoms. The predicted octanol–water partition coefficient (Wildman–Crippen LogP) is -0.00750. The van der Waals surface area contributed by atoms with Crippen molar-refractivity contribution in [1.82, 2.24) is 5.32 Å². The van der Waals surface area contributed by atoms with Crippen LogP contribution >= 0.6 is 0 Å². The fraction of sp³-hybridized carbons (Fsp3) is 0.273. The summed E-state index contributed by atoms with van der Waals surface area (Å²) in [5.41, 5.74) is 4.47. The maximum absolute atomic E-state index is 12.0. The van der Waals surface area contributed by atoms with Gasteiger partial charge in [0.25, 0.3) is 11.6 Å². The van der Waals surface area contributed by atoms with Crippen LogP contribution in [0.4, 0.5) is 11.4 Å². The number of nitrogens with two attached hydrogens (primary N) is 1. The van der Waals surface area contributed by atoms with E-state index in [2.05, 4.69) is 10.6 Å². The topological polar surface area (TPSA) is 127 Å². The Morgan fingerprint density at radius 3 is 2.79 bits per heavy atom. The van der Waals surface area contributed by atoms with Crippen molar-refractivity contribution in [2.24, 2.45) is 5.73 Å². The van der Waals surface area contributed by atoms with Crippen molar-refractivity contribution in [1.29, 1.82) is 0 Å². The fourth-order valence-electron chi connectivity index (χ4n) is 1.82. The van der Waals surface area contributed by atoms with Crippen LogP contribution in [0.5, 0.6) is 0 Å². The van der Waals surface area contributed by atoms with Crippen molar-refractivity contribution < 1.29 is 14.5 Å². The van der Waals surface area contributed by atoms with E-state index in [0.29, 0.717) is 12.0 Å². The molecule has 1 aromatic rings. The molecule has 0 aliphatic carbocycles. The number of anilines is 1. The summed E-state index contributed by atoms with van der Waals surface area (Å²) in [7, 11) is 0. The summed E-state index contributed by atoms with van der Waals surface area (Å²) in [6.07, 6.45) is 0.433. The second-order valence-electron chi connectivity index (χ2n) is 4.36. The van der Waals surface area contributed by atoms with Crippen LogP contribution in [0.1, 0.15) is 17.3 Å². The number of hydrogen-bond acceptors (Lipinski definition) is 6. The third-order valence-corrected chi connectivity index (χ3v) is 3.07. The van der Waals surface area contributed by atoms with Gasteiger partial charge in [0.1, 0.15) is 0 Å². The summed E-state index contributed by atoms with van der Waals surface area (Å²) in [5, 5.41) is 16.0. The van der Waals surface area contributed by atoms with Gasteiger partial charge >= 0.3 is 0 Å². The smallest absolute Gasteiger partial charge is 0.270 e. The first kappa shape index (κ1) is 13.0. The van der Waals surface area contributed by atoms with Crippen LogP contribution in [-0.4, -0.2) is 28.8 Å². The van der Waals surface area contributed by atoms with Gasteiger partial charge in [-0.15, -0.1) is 0 Å². The molecular weight excluding hydrogens is 252 g/mol. The number of aldehydes is 1. The number of rotatable bonds is 2. The average Bonchev–Trinajstić information content (AvgIpc) is 2.46. The highest BCUT2D eigenvalue weighted by atomic mass is 16.6. The molecule has 0 saturated heterocycles. The first-order valence-corrected chi connectivity index (χ1v) is 5.50. The van der Waals surface area contributed by atoms with Gasteiger partial charge in [0.05, 0.1) is 16.5 Å². The second-order valence-corrected chi connectivity index (χ2v) is 4.36. The maximum Gasteiger partial charge on any atom is 0.270 e. The van der Waals surface area contributed by atoms with Gasteiger partial charge in [-0.25, -0.2) is 0 Å². The lowest BCUT2D eigenvalue weighted by molar-refractivity contribution is -0.384. The first-order valence-electron chi connectivity index (χ1n) is 5.50. The molecular formula is C11H12N4O4. The molecule has 19 heavy (non-hydrogen) atoms. The van der Waals surface area contributed by atoms with Crippen LogP contribution in [0.3, 0.4) is 0 Å². The molecule has 0 fully saturated rings. The predicted molar refractivity (Wildman–Crippen MR) is 66.6 cm³/mol. The Labute approximate surface area is 108 Å². The highest BCUT2D eigenvalue weighted by Crippen LogP contribution is 2.26. The molecule has 8 nitrogen and oxygen atoms in total. The molecule has 100 valence electrons. The largest absolute Gasteiger partial charge is 0.378 e. The van der Waals surface area contributed by atoms with E-state index in [1.807, 2.05) is 0 Å². The van der Waals surface area contributed by atoms with Crippen LogP contribution in [0.15, 0.2) is 18.2 Å². The van der Waals surface area contributed by atoms with Gasteiger partial charge in [0.15, 0.2) is 11.9 Å². The summed E-state index contributed by atoms with van der Waals surface area (Å²) in [6, 6.07) is 3.27. The third-order valence-electron chi connectivity index (χ3n) is 3.07. The minimum Gasteiger partial charge on any atom is -0.378 e. The zero-order chi connectivity index (χ0) is 14.2. The number of carbonyl (C=O) groups is 2. The van der Waals surface area contributed by atoms with E-state index in [9.17, 15) is 19.7 Å². The average molecular weight is 264 g/mol. The van der Waals surface area contributed by atoms with Crippen molar-refractivity contribution in [3.63, 3.8) is 0 Å². The lowest BCUT2D eigenvalue weighted by Gasteiger charge is -2.29. The SMILES string of the molecule is CC1Nc2ccc([N+](=O)[O-])cc2C(=O)NC1(N)C=O. The Morgan fingerprint density at radius 2 is 2.21 bits per heavy atom. The van der Waals surface area contributed by atoms with E-state index >= 15 is 0 Å². The molecule has 0 aromatic heterocycles. The lowest BCUT2D eigenvalue weighted by Crippen LogP contribution is -2.64. The van der Waals surface area contributed by atoms with E-state index in [1.54, 1.807) is 6.92 Å². The number of nitrogens with zero attached hydrogens (tertiary/aromatic N) is 1. The lowest BCUT2D eigenvalue weighted by atomic mass is 10.1. The van der Waals surface area contributed by atoms with Crippen LogP contribution in [-0.2, 0) is 4.79 Å². The van der Waals surface area contributed by atoms with Gasteiger partial charge in [-0.2, -0.15) is 0 Å². The molecule has 1 heterocycles. The van der Waals surface area contributed by atoms with E-state index < -0.39 is 22.5 Å². The van der Waals surface area contributed by atoms with Crippen molar-refractivity contribution in [3.8, 4) is 0 Å². The highest BCUT2D eigenvalue weighted by molar-refractivity contribution is 6.03. The summed E-state index contributed by atoms with van der Waals surface area (Å²) >= 11 is 0. The van der Waals surface area contributed by atoms with Gasteiger partial charge in [0, 0.05) is 17.8 Å². The molecule has 1 aliphatic rings. The summed E-state index contributed by atoms with van der Waals surface area (Å²) < 4.78 is 0. The Bertz CT molecular complexity index is 574. The number of nitrogens with one attached hydrogen (secondary N) is 2. The standard InChI is InChI=1S/C11H12N4O4/c1-6-11(12,5-16)14-10(17)8-4-7(15(18)19)2-3-9(8)13-6/h2-6,13H,12H2,1H3,(H,14,17). The monoisotopic (exact) mass is 264 g/mol. The fourth-order valence-corrected chi connectivity index (χ4v) is 1.82. The molecule has 1 aromatic carbocycles. The molecule has 2 atom stereocenters. The molecule has 2 rings (SSSR count). The zero-order valence-corrected chi connectivity index (χ0v) is 10.0. The van der Waals surface area contributed by atoms with E-state index in [4.69, 9.17) is 5.73 Å². The molecule has 0 bridgehead atoms. The van der Waals surface area contributed by atoms with E-state index in [1.165, 1.54) is 12.1 Å². The Balaban J connectivity index is 2.51. The number of carbonyl (C=O) groups excluding carboxylic acids is 2. The Hall–Kier alpha value is -2.48. The summed E-state index contributed by atoms with van der Waals surface area (Å²) in [4.78, 5) is 33.1. The Kier molecular flexibility index (Phi) is 2.95. The number of benzene rings is 1. The summed E-state index contributed by atoms with van der Waals surface area (Å²) in [5.74, 6) is -0.634. The quantitative estimate of drug-likeness (QED) is 0.391. The zero-order valence-electron chi connectivity index (χ0n) is 10.0. The van der Waals surface area contributed by atoms with Crippen molar-refractivity contribution >= 4 is 23.6 Å². The van der Waals surface area contributed by atoms with Gasteiger partial charge < -0.3 is 16.4 Å². The van der Waals surface area contributed by atoms with E-state index in [0.717, 1.165) is 6.07 Å². The van der Waals surface area contributed by atoms with Crippen molar-refractivity contribution in [3.05, 3.63) is 33.9 Å². The molecule has 4 N–H and O–H groups in total. The van der Waals surface area contributed by atoms with Crippen LogP contribution in [0.2, 0.25) is 0 Å². The molecule has 1 aliphatic heterocycles. The number of nitro groups is 1. The number of amides is 1. The van der Waals surface area contributed by atoms with Gasteiger partial charge in [-0.3, -0.25) is 19.7 Å². The third kappa shape index (κ3) is 2.13.